The Balaban J connectivity index is 1.59. The Labute approximate surface area is 196 Å². The molecular weight excluding hydrogens is 449 g/mol. The van der Waals surface area contributed by atoms with E-state index in [0.717, 1.165) is 55.8 Å². The molecular formula is C27H26F5NO. The van der Waals surface area contributed by atoms with Crippen LogP contribution in [-0.2, 0) is 22.9 Å². The minimum Gasteiger partial charge on any atom is -0.376 e. The number of benzene rings is 3. The average molecular weight is 476 g/mol. The van der Waals surface area contributed by atoms with E-state index in [9.17, 15) is 22.0 Å². The predicted molar refractivity (Wildman–Crippen MR) is 121 cm³/mol. The summed E-state index contributed by atoms with van der Waals surface area (Å²) >= 11 is 0. The molecule has 0 aliphatic carbocycles. The molecule has 0 N–H and O–H groups in total. The van der Waals surface area contributed by atoms with Gasteiger partial charge in [-0.2, -0.15) is 13.2 Å². The fourth-order valence-electron chi connectivity index (χ4n) is 4.54. The molecule has 0 unspecified atom stereocenters. The molecule has 1 aliphatic rings. The van der Waals surface area contributed by atoms with E-state index in [4.69, 9.17) is 4.74 Å². The maximum Gasteiger partial charge on any atom is 0.416 e. The van der Waals surface area contributed by atoms with E-state index in [2.05, 4.69) is 24.1 Å². The number of alkyl halides is 3. The Hall–Kier alpha value is -2.77. The molecule has 0 amide bonds. The molecule has 0 atom stereocenters. The monoisotopic (exact) mass is 475 g/mol. The Morgan fingerprint density at radius 2 is 1.62 bits per heavy atom. The Bertz CT molecular complexity index is 1120. The van der Waals surface area contributed by atoms with Crippen molar-refractivity contribution in [2.24, 2.45) is 0 Å². The van der Waals surface area contributed by atoms with Gasteiger partial charge in [-0.1, -0.05) is 30.3 Å². The van der Waals surface area contributed by atoms with Gasteiger partial charge in [0.1, 0.15) is 11.6 Å². The summed E-state index contributed by atoms with van der Waals surface area (Å²) < 4.78 is 74.3. The summed E-state index contributed by atoms with van der Waals surface area (Å²) in [6.07, 6.45) is -2.86. The van der Waals surface area contributed by atoms with E-state index in [1.807, 2.05) is 18.2 Å². The maximum absolute atomic E-state index is 14.3. The summed E-state index contributed by atoms with van der Waals surface area (Å²) in [4.78, 5) is 2.25. The molecule has 4 rings (SSSR count). The van der Waals surface area contributed by atoms with Crippen LogP contribution in [0.25, 0.3) is 11.1 Å². The van der Waals surface area contributed by atoms with E-state index < -0.39 is 23.4 Å². The lowest BCUT2D eigenvalue weighted by atomic mass is 9.73. The van der Waals surface area contributed by atoms with E-state index in [-0.39, 0.29) is 28.7 Å². The van der Waals surface area contributed by atoms with Gasteiger partial charge in [-0.05, 0) is 80.0 Å². The smallest absolute Gasteiger partial charge is 0.376 e. The molecule has 0 bridgehead atoms. The van der Waals surface area contributed by atoms with Crippen LogP contribution in [0.15, 0.2) is 66.7 Å². The van der Waals surface area contributed by atoms with Crippen LogP contribution >= 0.6 is 0 Å². The highest BCUT2D eigenvalue weighted by Crippen LogP contribution is 2.37. The third kappa shape index (κ3) is 5.47. The predicted octanol–water partition coefficient (Wildman–Crippen LogP) is 6.83. The number of likely N-dealkylation sites (tertiary alicyclic amines) is 1. The third-order valence-electron chi connectivity index (χ3n) is 6.54. The van der Waals surface area contributed by atoms with Crippen LogP contribution in [0.4, 0.5) is 22.0 Å². The number of ether oxygens (including phenoxy) is 1. The van der Waals surface area contributed by atoms with Crippen LogP contribution in [0.2, 0.25) is 0 Å². The van der Waals surface area contributed by atoms with E-state index in [1.165, 1.54) is 6.07 Å². The minimum absolute atomic E-state index is 0.0305. The van der Waals surface area contributed by atoms with E-state index >= 15 is 0 Å². The van der Waals surface area contributed by atoms with Crippen molar-refractivity contribution in [2.75, 3.05) is 26.7 Å². The highest BCUT2D eigenvalue weighted by atomic mass is 19.4. The largest absolute Gasteiger partial charge is 0.416 e. The molecule has 0 saturated carbocycles. The molecule has 7 heteroatoms. The van der Waals surface area contributed by atoms with Crippen molar-refractivity contribution in [3.63, 3.8) is 0 Å². The first-order chi connectivity index (χ1) is 16.2. The van der Waals surface area contributed by atoms with Gasteiger partial charge in [-0.25, -0.2) is 8.78 Å². The molecule has 1 heterocycles. The van der Waals surface area contributed by atoms with Crippen molar-refractivity contribution in [3.8, 4) is 11.1 Å². The van der Waals surface area contributed by atoms with Crippen molar-refractivity contribution in [1.29, 1.82) is 0 Å². The van der Waals surface area contributed by atoms with Gasteiger partial charge in [0, 0.05) is 17.0 Å². The molecule has 0 radical (unpaired) electrons. The lowest BCUT2D eigenvalue weighted by Gasteiger charge is -2.41. The molecule has 0 aromatic heterocycles. The summed E-state index contributed by atoms with van der Waals surface area (Å²) in [6.45, 7) is 2.11. The second-order valence-corrected chi connectivity index (χ2v) is 8.98. The molecule has 1 fully saturated rings. The summed E-state index contributed by atoms with van der Waals surface area (Å²) in [7, 11) is 2.06. The zero-order valence-corrected chi connectivity index (χ0v) is 18.8. The lowest BCUT2D eigenvalue weighted by Crippen LogP contribution is -2.43. The Morgan fingerprint density at radius 3 is 2.26 bits per heavy atom. The number of nitrogens with zero attached hydrogens (tertiary/aromatic N) is 1. The fourth-order valence-corrected chi connectivity index (χ4v) is 4.54. The maximum atomic E-state index is 14.3. The van der Waals surface area contributed by atoms with Gasteiger partial charge in [-0.15, -0.1) is 0 Å². The molecule has 1 aliphatic heterocycles. The molecule has 2 nitrogen and oxygen atoms in total. The Kier molecular flexibility index (Phi) is 7.05. The van der Waals surface area contributed by atoms with Crippen LogP contribution in [0.5, 0.6) is 0 Å². The van der Waals surface area contributed by atoms with Crippen LogP contribution < -0.4 is 0 Å². The summed E-state index contributed by atoms with van der Waals surface area (Å²) in [5.74, 6) is -1.71. The number of rotatable bonds is 6. The topological polar surface area (TPSA) is 12.5 Å². The average Bonchev–Trinajstić information content (AvgIpc) is 2.80. The second-order valence-electron chi connectivity index (χ2n) is 8.98. The molecule has 0 spiro atoms. The number of hydrogen-bond donors (Lipinski definition) is 0. The van der Waals surface area contributed by atoms with Gasteiger partial charge in [0.2, 0.25) is 0 Å². The van der Waals surface area contributed by atoms with Gasteiger partial charge in [0.25, 0.3) is 0 Å². The van der Waals surface area contributed by atoms with Gasteiger partial charge in [0.05, 0.1) is 18.8 Å². The summed E-state index contributed by atoms with van der Waals surface area (Å²) in [6, 6.07) is 16.2. The molecule has 1 saturated heterocycles. The van der Waals surface area contributed by atoms with E-state index in [0.29, 0.717) is 12.7 Å². The quantitative estimate of drug-likeness (QED) is 0.362. The van der Waals surface area contributed by atoms with Gasteiger partial charge >= 0.3 is 6.18 Å². The van der Waals surface area contributed by atoms with Gasteiger partial charge in [0.15, 0.2) is 0 Å². The lowest BCUT2D eigenvalue weighted by molar-refractivity contribution is -0.137. The number of halogens is 5. The highest BCUT2D eigenvalue weighted by Gasteiger charge is 2.36. The SMILES string of the molecule is CN1CCC(COCc2cc(-c3ccc(F)cc3F)cc(C(F)(F)F)c2)(c2ccccc2)CC1. The highest BCUT2D eigenvalue weighted by molar-refractivity contribution is 5.66. The fraction of sp³-hybridized carbons (Fsp3) is 0.333. The van der Waals surface area contributed by atoms with Crippen LogP contribution in [0, 0.1) is 11.6 Å². The zero-order chi connectivity index (χ0) is 24.3. The molecule has 3 aromatic carbocycles. The van der Waals surface area contributed by atoms with Crippen molar-refractivity contribution >= 4 is 0 Å². The number of hydrogen-bond acceptors (Lipinski definition) is 2. The van der Waals surface area contributed by atoms with Crippen molar-refractivity contribution in [1.82, 2.24) is 4.90 Å². The Morgan fingerprint density at radius 1 is 0.912 bits per heavy atom. The molecule has 3 aromatic rings. The van der Waals surface area contributed by atoms with Crippen LogP contribution in [0.1, 0.15) is 29.5 Å². The van der Waals surface area contributed by atoms with Crippen LogP contribution in [-0.4, -0.2) is 31.6 Å². The van der Waals surface area contributed by atoms with E-state index in [1.54, 1.807) is 0 Å². The van der Waals surface area contributed by atoms with Crippen molar-refractivity contribution < 1.29 is 26.7 Å². The summed E-state index contributed by atoms with van der Waals surface area (Å²) in [5, 5.41) is 0. The molecule has 34 heavy (non-hydrogen) atoms. The second kappa shape index (κ2) is 9.84. The zero-order valence-electron chi connectivity index (χ0n) is 18.8. The first-order valence-corrected chi connectivity index (χ1v) is 11.1. The van der Waals surface area contributed by atoms with Crippen LogP contribution in [0.3, 0.4) is 0 Å². The van der Waals surface area contributed by atoms with Crippen molar-refractivity contribution in [3.05, 3.63) is 95.1 Å². The minimum atomic E-state index is -4.61. The van der Waals surface area contributed by atoms with Gasteiger partial charge < -0.3 is 9.64 Å². The normalized spacial score (nSPS) is 16.5. The first-order valence-electron chi connectivity index (χ1n) is 11.1. The first kappa shape index (κ1) is 24.4. The standard InChI is InChI=1S/C27H26F5NO/c1-33-11-9-26(10-12-33,21-5-3-2-4-6-21)18-34-17-19-13-20(15-22(14-19)27(30,31)32)24-8-7-23(28)16-25(24)29/h2-8,13-16H,9-12,17-18H2,1H3. The van der Waals surface area contributed by atoms with Crippen molar-refractivity contribution in [2.45, 2.75) is 31.0 Å². The van der Waals surface area contributed by atoms with Gasteiger partial charge in [-0.3, -0.25) is 0 Å². The third-order valence-corrected chi connectivity index (χ3v) is 6.54. The summed E-state index contributed by atoms with van der Waals surface area (Å²) in [5.41, 5.74) is 0.254. The number of piperidine rings is 1. The molecule has 180 valence electrons.